The van der Waals surface area contributed by atoms with Gasteiger partial charge in [-0.1, -0.05) is 52.5 Å². The van der Waals surface area contributed by atoms with Crippen LogP contribution in [-0.2, 0) is 7.05 Å². The van der Waals surface area contributed by atoms with Crippen LogP contribution in [0.25, 0.3) is 0 Å². The maximum Gasteiger partial charge on any atom is 0.250 e. The first-order valence-electron chi connectivity index (χ1n) is 9.22. The zero-order chi connectivity index (χ0) is 18.5. The van der Waals surface area contributed by atoms with Crippen molar-refractivity contribution in [2.75, 3.05) is 0 Å². The molecule has 0 aliphatic heterocycles. The Kier molecular flexibility index (Phi) is 6.30. The fourth-order valence-electron chi connectivity index (χ4n) is 3.99. The zero-order valence-corrected chi connectivity index (χ0v) is 16.7. The highest BCUT2D eigenvalue weighted by atomic mass is 79.9. The smallest absolute Gasteiger partial charge is 0.250 e. The van der Waals surface area contributed by atoms with Gasteiger partial charge in [0.15, 0.2) is 0 Å². The van der Waals surface area contributed by atoms with E-state index in [1.165, 1.54) is 48.3 Å². The predicted octanol–water partition coefficient (Wildman–Crippen LogP) is 5.08. The number of halogens is 1. The molecule has 0 radical (unpaired) electrons. The van der Waals surface area contributed by atoms with Crippen LogP contribution in [0.4, 0.5) is 0 Å². The highest BCUT2D eigenvalue weighted by Crippen LogP contribution is 2.39. The molecule has 1 aliphatic rings. The van der Waals surface area contributed by atoms with Gasteiger partial charge >= 0.3 is 0 Å². The van der Waals surface area contributed by atoms with Crippen molar-refractivity contribution < 1.29 is 5.21 Å². The molecule has 1 atom stereocenters. The van der Waals surface area contributed by atoms with E-state index in [0.717, 1.165) is 10.0 Å². The summed E-state index contributed by atoms with van der Waals surface area (Å²) in [5.74, 6) is 0.903. The van der Waals surface area contributed by atoms with Gasteiger partial charge < -0.3 is 9.77 Å². The van der Waals surface area contributed by atoms with Crippen LogP contribution in [0.3, 0.4) is 0 Å². The Hall–Kier alpha value is -1.88. The molecule has 2 aromatic rings. The first kappa shape index (κ1) is 18.9. The lowest BCUT2D eigenvalue weighted by Crippen LogP contribution is -2.22. The summed E-state index contributed by atoms with van der Waals surface area (Å²) >= 11 is 3.51. The summed E-state index contributed by atoms with van der Waals surface area (Å²) in [4.78, 5) is 11.7. The van der Waals surface area contributed by atoms with Crippen LogP contribution >= 0.6 is 15.9 Å². The summed E-state index contributed by atoms with van der Waals surface area (Å²) in [6, 6.07) is 11.8. The average molecular weight is 417 g/mol. The van der Waals surface area contributed by atoms with Crippen molar-refractivity contribution in [2.24, 2.45) is 18.1 Å². The molecule has 3 rings (SSSR count). The summed E-state index contributed by atoms with van der Waals surface area (Å²) < 4.78 is 2.59. The van der Waals surface area contributed by atoms with E-state index in [1.807, 2.05) is 0 Å². The Morgan fingerprint density at radius 1 is 1.19 bits per heavy atom. The molecular formula is C21H25BrN2O2. The SMILES string of the molecule is Cn1cc(/C(CC(c2ccc(Br)cc2)C2CCCCC2)=N\O)ccc1=O. The van der Waals surface area contributed by atoms with Gasteiger partial charge in [-0.05, 0) is 48.4 Å². The Morgan fingerprint density at radius 2 is 1.88 bits per heavy atom. The van der Waals surface area contributed by atoms with Gasteiger partial charge in [0.1, 0.15) is 0 Å². The number of benzene rings is 1. The van der Waals surface area contributed by atoms with Crippen LogP contribution in [0.15, 0.2) is 57.0 Å². The molecule has 1 aromatic heterocycles. The number of pyridine rings is 1. The van der Waals surface area contributed by atoms with E-state index in [2.05, 4.69) is 45.4 Å². The standard InChI is InChI=1S/C21H25BrN2O2/c1-24-14-17(9-12-21(24)25)20(23-26)13-19(15-5-3-2-4-6-15)16-7-10-18(22)11-8-16/h7-12,14-15,19,26H,2-6,13H2,1H3/b23-20-. The van der Waals surface area contributed by atoms with Crippen LogP contribution < -0.4 is 5.56 Å². The Balaban J connectivity index is 1.91. The molecule has 5 heteroatoms. The molecule has 0 amide bonds. The fraction of sp³-hybridized carbons (Fsp3) is 0.429. The lowest BCUT2D eigenvalue weighted by Gasteiger charge is -2.31. The minimum atomic E-state index is -0.0669. The number of hydrogen-bond acceptors (Lipinski definition) is 3. The number of aromatic nitrogens is 1. The lowest BCUT2D eigenvalue weighted by atomic mass is 9.74. The average Bonchev–Trinajstić information content (AvgIpc) is 2.67. The highest BCUT2D eigenvalue weighted by Gasteiger charge is 2.27. The van der Waals surface area contributed by atoms with E-state index < -0.39 is 0 Å². The lowest BCUT2D eigenvalue weighted by molar-refractivity contribution is 0.298. The maximum atomic E-state index is 11.7. The molecule has 0 bridgehead atoms. The fourth-order valence-corrected chi connectivity index (χ4v) is 4.26. The third-order valence-electron chi connectivity index (χ3n) is 5.47. The molecule has 1 N–H and O–H groups in total. The highest BCUT2D eigenvalue weighted by molar-refractivity contribution is 9.10. The molecule has 1 unspecified atom stereocenters. The third kappa shape index (κ3) is 4.44. The normalized spacial score (nSPS) is 17.2. The zero-order valence-electron chi connectivity index (χ0n) is 15.1. The molecule has 1 heterocycles. The maximum absolute atomic E-state index is 11.7. The predicted molar refractivity (Wildman–Crippen MR) is 108 cm³/mol. The topological polar surface area (TPSA) is 54.6 Å². The van der Waals surface area contributed by atoms with Gasteiger partial charge in [0.2, 0.25) is 5.56 Å². The molecule has 4 nitrogen and oxygen atoms in total. The molecule has 1 aliphatic carbocycles. The molecular weight excluding hydrogens is 392 g/mol. The Bertz CT molecular complexity index is 821. The van der Waals surface area contributed by atoms with Gasteiger partial charge in [-0.15, -0.1) is 0 Å². The van der Waals surface area contributed by atoms with Gasteiger partial charge in [-0.2, -0.15) is 0 Å². The molecule has 1 fully saturated rings. The van der Waals surface area contributed by atoms with E-state index in [-0.39, 0.29) is 5.56 Å². The molecule has 0 saturated heterocycles. The quantitative estimate of drug-likeness (QED) is 0.419. The molecule has 1 aromatic carbocycles. The second-order valence-electron chi connectivity index (χ2n) is 7.17. The summed E-state index contributed by atoms with van der Waals surface area (Å²) in [5, 5.41) is 13.3. The van der Waals surface area contributed by atoms with Crippen molar-refractivity contribution in [2.45, 2.75) is 44.4 Å². The third-order valence-corrected chi connectivity index (χ3v) is 6.00. The largest absolute Gasteiger partial charge is 0.411 e. The van der Waals surface area contributed by atoms with Gasteiger partial charge in [-0.3, -0.25) is 4.79 Å². The van der Waals surface area contributed by atoms with E-state index in [9.17, 15) is 10.0 Å². The molecule has 1 saturated carbocycles. The Morgan fingerprint density at radius 3 is 2.50 bits per heavy atom. The van der Waals surface area contributed by atoms with Gasteiger partial charge in [0, 0.05) is 35.8 Å². The van der Waals surface area contributed by atoms with Gasteiger partial charge in [-0.25, -0.2) is 0 Å². The summed E-state index contributed by atoms with van der Waals surface area (Å²) in [6.07, 6.45) is 8.69. The van der Waals surface area contributed by atoms with Crippen LogP contribution in [-0.4, -0.2) is 15.5 Å². The number of rotatable bonds is 5. The summed E-state index contributed by atoms with van der Waals surface area (Å²) in [5.41, 5.74) is 2.65. The molecule has 26 heavy (non-hydrogen) atoms. The second-order valence-corrected chi connectivity index (χ2v) is 8.09. The summed E-state index contributed by atoms with van der Waals surface area (Å²) in [6.45, 7) is 0. The minimum Gasteiger partial charge on any atom is -0.411 e. The number of hydrogen-bond donors (Lipinski definition) is 1. The van der Waals surface area contributed by atoms with Gasteiger partial charge in [0.25, 0.3) is 0 Å². The molecule has 138 valence electrons. The van der Waals surface area contributed by atoms with Crippen LogP contribution in [0.5, 0.6) is 0 Å². The summed E-state index contributed by atoms with van der Waals surface area (Å²) in [7, 11) is 1.72. The number of nitrogens with zero attached hydrogens (tertiary/aromatic N) is 2. The van der Waals surface area contributed by atoms with Crippen LogP contribution in [0, 0.1) is 5.92 Å². The van der Waals surface area contributed by atoms with Crippen molar-refractivity contribution in [3.05, 3.63) is 68.5 Å². The van der Waals surface area contributed by atoms with E-state index in [1.54, 1.807) is 19.3 Å². The van der Waals surface area contributed by atoms with Crippen molar-refractivity contribution in [1.82, 2.24) is 4.57 Å². The number of aryl methyl sites for hydroxylation is 1. The monoisotopic (exact) mass is 416 g/mol. The Labute approximate surface area is 162 Å². The minimum absolute atomic E-state index is 0.0669. The second kappa shape index (κ2) is 8.67. The van der Waals surface area contributed by atoms with Crippen molar-refractivity contribution >= 4 is 21.6 Å². The van der Waals surface area contributed by atoms with Crippen LogP contribution in [0.2, 0.25) is 0 Å². The van der Waals surface area contributed by atoms with E-state index >= 15 is 0 Å². The van der Waals surface area contributed by atoms with Crippen molar-refractivity contribution in [1.29, 1.82) is 0 Å². The van der Waals surface area contributed by atoms with Crippen molar-refractivity contribution in [3.63, 3.8) is 0 Å². The van der Waals surface area contributed by atoms with Crippen molar-refractivity contribution in [3.8, 4) is 0 Å². The molecule has 0 spiro atoms. The van der Waals surface area contributed by atoms with E-state index in [4.69, 9.17) is 0 Å². The van der Waals surface area contributed by atoms with Crippen LogP contribution in [0.1, 0.15) is 55.6 Å². The van der Waals surface area contributed by atoms with E-state index in [0.29, 0.717) is 24.0 Å². The van der Waals surface area contributed by atoms with Gasteiger partial charge in [0.05, 0.1) is 5.71 Å². The number of oxime groups is 1. The first-order chi connectivity index (χ1) is 12.6. The first-order valence-corrected chi connectivity index (χ1v) is 10.0.